The van der Waals surface area contributed by atoms with Gasteiger partial charge in [-0.2, -0.15) is 13.2 Å². The molecular weight excluding hydrogens is 217 g/mol. The monoisotopic (exact) mass is 238 g/mol. The van der Waals surface area contributed by atoms with Gasteiger partial charge in [-0.3, -0.25) is 4.90 Å². The molecule has 0 bridgehead atoms. The largest absolute Gasteiger partial charge is 0.405 e. The van der Waals surface area contributed by atoms with Crippen LogP contribution in [0, 0.1) is 5.92 Å². The molecule has 1 saturated heterocycles. The van der Waals surface area contributed by atoms with Crippen molar-refractivity contribution in [3.05, 3.63) is 0 Å². The van der Waals surface area contributed by atoms with Crippen LogP contribution in [0.15, 0.2) is 0 Å². The molecule has 0 spiro atoms. The molecule has 1 rings (SSSR count). The minimum absolute atomic E-state index is 0.0497. The Morgan fingerprint density at radius 3 is 2.31 bits per heavy atom. The third kappa shape index (κ3) is 2.88. The molecule has 0 saturated carbocycles. The molecule has 96 valence electrons. The van der Waals surface area contributed by atoms with Crippen molar-refractivity contribution in [2.45, 2.75) is 57.9 Å². The molecule has 5 heteroatoms. The van der Waals surface area contributed by atoms with Gasteiger partial charge in [-0.25, -0.2) is 0 Å². The molecule has 0 aromatic carbocycles. The number of rotatable bonds is 2. The summed E-state index contributed by atoms with van der Waals surface area (Å²) < 4.78 is 38.8. The molecule has 1 fully saturated rings. The van der Waals surface area contributed by atoms with E-state index in [-0.39, 0.29) is 6.04 Å². The summed E-state index contributed by atoms with van der Waals surface area (Å²) in [6.07, 6.45) is -2.41. The Bertz CT molecular complexity index is 228. The van der Waals surface area contributed by atoms with Crippen LogP contribution in [0.1, 0.15) is 33.6 Å². The molecule has 0 amide bonds. The molecule has 2 nitrogen and oxygen atoms in total. The highest BCUT2D eigenvalue weighted by molar-refractivity contribution is 4.91. The van der Waals surface area contributed by atoms with Gasteiger partial charge in [-0.1, -0.05) is 6.92 Å². The second kappa shape index (κ2) is 4.92. The summed E-state index contributed by atoms with van der Waals surface area (Å²) in [5, 5.41) is 0. The van der Waals surface area contributed by atoms with Crippen molar-refractivity contribution in [3.8, 4) is 0 Å². The van der Waals surface area contributed by atoms with Crippen molar-refractivity contribution < 1.29 is 13.2 Å². The highest BCUT2D eigenvalue weighted by Crippen LogP contribution is 2.33. The van der Waals surface area contributed by atoms with Crippen LogP contribution in [0.5, 0.6) is 0 Å². The van der Waals surface area contributed by atoms with Crippen LogP contribution in [0.2, 0.25) is 0 Å². The zero-order valence-electron chi connectivity index (χ0n) is 10.1. The molecule has 1 aliphatic heterocycles. The van der Waals surface area contributed by atoms with Crippen molar-refractivity contribution >= 4 is 0 Å². The fraction of sp³-hybridized carbons (Fsp3) is 1.00. The van der Waals surface area contributed by atoms with Gasteiger partial charge < -0.3 is 5.73 Å². The average Bonchev–Trinajstić information content (AvgIpc) is 2.09. The lowest BCUT2D eigenvalue weighted by Crippen LogP contribution is -2.60. The third-order valence-corrected chi connectivity index (χ3v) is 3.61. The second-order valence-corrected chi connectivity index (χ2v) is 4.94. The maximum atomic E-state index is 12.9. The summed E-state index contributed by atoms with van der Waals surface area (Å²) in [6.45, 7) is 5.80. The number of alkyl halides is 3. The van der Waals surface area contributed by atoms with Crippen LogP contribution >= 0.6 is 0 Å². The van der Waals surface area contributed by atoms with Crippen LogP contribution in [-0.2, 0) is 0 Å². The predicted octanol–water partition coefficient (Wildman–Crippen LogP) is 2.38. The molecule has 0 aromatic rings. The van der Waals surface area contributed by atoms with Crippen molar-refractivity contribution in [3.63, 3.8) is 0 Å². The van der Waals surface area contributed by atoms with Gasteiger partial charge in [0.25, 0.3) is 0 Å². The molecule has 0 radical (unpaired) electrons. The van der Waals surface area contributed by atoms with Gasteiger partial charge in [-0.05, 0) is 39.2 Å². The lowest BCUT2D eigenvalue weighted by molar-refractivity contribution is -0.199. The second-order valence-electron chi connectivity index (χ2n) is 4.94. The molecule has 2 N–H and O–H groups in total. The number of nitrogens with two attached hydrogens (primary N) is 1. The quantitative estimate of drug-likeness (QED) is 0.800. The average molecular weight is 238 g/mol. The van der Waals surface area contributed by atoms with Crippen molar-refractivity contribution in [2.24, 2.45) is 11.7 Å². The van der Waals surface area contributed by atoms with Gasteiger partial charge in [0.15, 0.2) is 0 Å². The number of piperidine rings is 1. The van der Waals surface area contributed by atoms with Crippen LogP contribution in [0.4, 0.5) is 13.2 Å². The van der Waals surface area contributed by atoms with Gasteiger partial charge in [-0.15, -0.1) is 0 Å². The summed E-state index contributed by atoms with van der Waals surface area (Å²) >= 11 is 0. The number of hydrogen-bond acceptors (Lipinski definition) is 2. The predicted molar refractivity (Wildman–Crippen MR) is 58.1 cm³/mol. The lowest BCUT2D eigenvalue weighted by Gasteiger charge is -2.44. The minimum Gasteiger partial charge on any atom is -0.326 e. The highest BCUT2D eigenvalue weighted by Gasteiger charge is 2.48. The van der Waals surface area contributed by atoms with E-state index in [1.165, 1.54) is 11.8 Å². The van der Waals surface area contributed by atoms with Crippen molar-refractivity contribution in [1.29, 1.82) is 0 Å². The summed E-state index contributed by atoms with van der Waals surface area (Å²) in [5.41, 5.74) is 5.50. The SMILES string of the molecule is CC(N)C(N1CCCC(C)C1C)C(F)(F)F. The summed E-state index contributed by atoms with van der Waals surface area (Å²) in [4.78, 5) is 1.53. The van der Waals surface area contributed by atoms with Crippen LogP contribution in [0.25, 0.3) is 0 Å². The number of halogens is 3. The Balaban J connectivity index is 2.86. The van der Waals surface area contributed by atoms with Gasteiger partial charge in [0.2, 0.25) is 0 Å². The molecular formula is C11H21F3N2. The minimum atomic E-state index is -4.24. The van der Waals surface area contributed by atoms with E-state index in [2.05, 4.69) is 0 Å². The maximum absolute atomic E-state index is 12.9. The standard InChI is InChI=1S/C11H21F3N2/c1-7-5-4-6-16(9(7)3)10(8(2)15)11(12,13)14/h7-10H,4-6,15H2,1-3H3. The molecule has 0 aliphatic carbocycles. The van der Waals surface area contributed by atoms with E-state index >= 15 is 0 Å². The summed E-state index contributed by atoms with van der Waals surface area (Å²) in [6, 6.07) is -2.44. The van der Waals surface area contributed by atoms with E-state index in [4.69, 9.17) is 5.73 Å². The molecule has 16 heavy (non-hydrogen) atoms. The number of nitrogens with zero attached hydrogens (tertiary/aromatic N) is 1. The summed E-state index contributed by atoms with van der Waals surface area (Å²) in [7, 11) is 0. The molecule has 1 aliphatic rings. The Hall–Kier alpha value is -0.290. The highest BCUT2D eigenvalue weighted by atomic mass is 19.4. The van der Waals surface area contributed by atoms with E-state index in [1.807, 2.05) is 13.8 Å². The van der Waals surface area contributed by atoms with E-state index in [9.17, 15) is 13.2 Å². The van der Waals surface area contributed by atoms with Crippen LogP contribution in [0.3, 0.4) is 0 Å². The zero-order valence-corrected chi connectivity index (χ0v) is 10.1. The maximum Gasteiger partial charge on any atom is 0.405 e. The van der Waals surface area contributed by atoms with Crippen LogP contribution < -0.4 is 5.73 Å². The van der Waals surface area contributed by atoms with Gasteiger partial charge in [0.05, 0.1) is 0 Å². The first-order chi connectivity index (χ1) is 7.25. The fourth-order valence-electron chi connectivity index (χ4n) is 2.55. The van der Waals surface area contributed by atoms with Gasteiger partial charge in [0.1, 0.15) is 6.04 Å². The van der Waals surface area contributed by atoms with E-state index < -0.39 is 18.3 Å². The first-order valence-electron chi connectivity index (χ1n) is 5.83. The molecule has 4 atom stereocenters. The number of hydrogen-bond donors (Lipinski definition) is 1. The number of likely N-dealkylation sites (tertiary alicyclic amines) is 1. The van der Waals surface area contributed by atoms with Gasteiger partial charge in [0, 0.05) is 12.1 Å². The first kappa shape index (κ1) is 13.8. The fourth-order valence-corrected chi connectivity index (χ4v) is 2.55. The first-order valence-corrected chi connectivity index (χ1v) is 5.83. The summed E-state index contributed by atoms with van der Waals surface area (Å²) in [5.74, 6) is 0.303. The van der Waals surface area contributed by atoms with E-state index in [0.29, 0.717) is 12.5 Å². The Morgan fingerprint density at radius 2 is 1.88 bits per heavy atom. The van der Waals surface area contributed by atoms with Crippen molar-refractivity contribution in [2.75, 3.05) is 6.54 Å². The zero-order chi connectivity index (χ0) is 12.5. The van der Waals surface area contributed by atoms with Gasteiger partial charge >= 0.3 is 6.18 Å². The van der Waals surface area contributed by atoms with Crippen molar-refractivity contribution in [1.82, 2.24) is 4.90 Å². The Labute approximate surface area is 95.0 Å². The normalized spacial score (nSPS) is 32.4. The van der Waals surface area contributed by atoms with Crippen LogP contribution in [-0.4, -0.2) is 35.7 Å². The van der Waals surface area contributed by atoms with E-state index in [0.717, 1.165) is 12.8 Å². The lowest BCUT2D eigenvalue weighted by atomic mass is 9.89. The topological polar surface area (TPSA) is 29.3 Å². The Kier molecular flexibility index (Phi) is 4.23. The van der Waals surface area contributed by atoms with E-state index in [1.54, 1.807) is 0 Å². The smallest absolute Gasteiger partial charge is 0.326 e. The molecule has 4 unspecified atom stereocenters. The Morgan fingerprint density at radius 1 is 1.31 bits per heavy atom. The molecule has 1 heterocycles. The third-order valence-electron chi connectivity index (χ3n) is 3.61. The molecule has 0 aromatic heterocycles.